The van der Waals surface area contributed by atoms with E-state index in [0.717, 1.165) is 61.1 Å². The molecule has 3 heterocycles. The third-order valence-electron chi connectivity index (χ3n) is 5.93. The molecular weight excluding hydrogens is 386 g/mol. The van der Waals surface area contributed by atoms with Crippen LogP contribution in [0.25, 0.3) is 11.4 Å². The number of methoxy groups -OCH3 is 1. The first-order valence-corrected chi connectivity index (χ1v) is 10.9. The SMILES string of the molecule is COc1c(C)cccc1CN1CCCC(c2cc(N(C)C)nc(-c3cccnc3)n2)C1. The van der Waals surface area contributed by atoms with Crippen molar-refractivity contribution in [2.24, 2.45) is 0 Å². The number of benzene rings is 1. The second kappa shape index (κ2) is 9.43. The van der Waals surface area contributed by atoms with E-state index in [1.165, 1.54) is 11.1 Å². The van der Waals surface area contributed by atoms with Crippen molar-refractivity contribution in [2.75, 3.05) is 39.2 Å². The first-order chi connectivity index (χ1) is 15.0. The van der Waals surface area contributed by atoms with E-state index < -0.39 is 0 Å². The van der Waals surface area contributed by atoms with Crippen LogP contribution in [0.5, 0.6) is 5.75 Å². The second-order valence-electron chi connectivity index (χ2n) is 8.45. The monoisotopic (exact) mass is 417 g/mol. The Morgan fingerprint density at radius 1 is 1.16 bits per heavy atom. The van der Waals surface area contributed by atoms with Crippen molar-refractivity contribution < 1.29 is 4.74 Å². The molecule has 0 N–H and O–H groups in total. The zero-order valence-electron chi connectivity index (χ0n) is 18.9. The Labute approximate surface area is 184 Å². The number of nitrogens with zero attached hydrogens (tertiary/aromatic N) is 5. The molecule has 1 fully saturated rings. The largest absolute Gasteiger partial charge is 0.496 e. The number of anilines is 1. The summed E-state index contributed by atoms with van der Waals surface area (Å²) in [5.74, 6) is 3.05. The summed E-state index contributed by atoms with van der Waals surface area (Å²) in [6, 6.07) is 12.5. The highest BCUT2D eigenvalue weighted by Crippen LogP contribution is 2.31. The maximum Gasteiger partial charge on any atom is 0.163 e. The van der Waals surface area contributed by atoms with Crippen LogP contribution >= 0.6 is 0 Å². The molecule has 0 spiro atoms. The number of aryl methyl sites for hydroxylation is 1. The van der Waals surface area contributed by atoms with Crippen LogP contribution in [0.1, 0.15) is 35.6 Å². The first kappa shape index (κ1) is 21.2. The highest BCUT2D eigenvalue weighted by molar-refractivity contribution is 5.57. The first-order valence-electron chi connectivity index (χ1n) is 10.9. The number of hydrogen-bond donors (Lipinski definition) is 0. The minimum Gasteiger partial charge on any atom is -0.496 e. The van der Waals surface area contributed by atoms with E-state index in [0.29, 0.717) is 5.92 Å². The summed E-state index contributed by atoms with van der Waals surface area (Å²) in [7, 11) is 5.81. The lowest BCUT2D eigenvalue weighted by Crippen LogP contribution is -2.34. The van der Waals surface area contributed by atoms with E-state index in [4.69, 9.17) is 14.7 Å². The van der Waals surface area contributed by atoms with Gasteiger partial charge in [0.15, 0.2) is 5.82 Å². The molecule has 1 saturated heterocycles. The van der Waals surface area contributed by atoms with E-state index in [9.17, 15) is 0 Å². The molecule has 0 amide bonds. The molecule has 2 aromatic heterocycles. The summed E-state index contributed by atoms with van der Waals surface area (Å²) < 4.78 is 5.68. The van der Waals surface area contributed by atoms with Gasteiger partial charge in [0.05, 0.1) is 12.8 Å². The van der Waals surface area contributed by atoms with Crippen molar-refractivity contribution in [1.82, 2.24) is 19.9 Å². The number of hydrogen-bond acceptors (Lipinski definition) is 6. The molecule has 3 aromatic rings. The van der Waals surface area contributed by atoms with Gasteiger partial charge < -0.3 is 9.64 Å². The van der Waals surface area contributed by atoms with Crippen molar-refractivity contribution in [3.63, 3.8) is 0 Å². The fourth-order valence-electron chi connectivity index (χ4n) is 4.33. The van der Waals surface area contributed by atoms with Gasteiger partial charge in [-0.15, -0.1) is 0 Å². The van der Waals surface area contributed by atoms with Gasteiger partial charge in [-0.25, -0.2) is 9.97 Å². The maximum atomic E-state index is 5.68. The molecule has 1 aromatic carbocycles. The topological polar surface area (TPSA) is 54.4 Å². The van der Waals surface area contributed by atoms with E-state index in [-0.39, 0.29) is 0 Å². The average Bonchev–Trinajstić information content (AvgIpc) is 2.80. The Morgan fingerprint density at radius 2 is 2.03 bits per heavy atom. The summed E-state index contributed by atoms with van der Waals surface area (Å²) in [6.07, 6.45) is 5.90. The Morgan fingerprint density at radius 3 is 2.77 bits per heavy atom. The predicted molar refractivity (Wildman–Crippen MR) is 125 cm³/mol. The van der Waals surface area contributed by atoms with Crippen LogP contribution in [0.2, 0.25) is 0 Å². The highest BCUT2D eigenvalue weighted by atomic mass is 16.5. The third kappa shape index (κ3) is 4.85. The lowest BCUT2D eigenvalue weighted by Gasteiger charge is -2.33. The van der Waals surface area contributed by atoms with Crippen LogP contribution in [0, 0.1) is 6.92 Å². The fourth-order valence-corrected chi connectivity index (χ4v) is 4.33. The lowest BCUT2D eigenvalue weighted by molar-refractivity contribution is 0.196. The summed E-state index contributed by atoms with van der Waals surface area (Å²) in [4.78, 5) is 18.5. The molecule has 0 radical (unpaired) electrons. The molecule has 1 aliphatic rings. The van der Waals surface area contributed by atoms with Gasteiger partial charge in [-0.05, 0) is 44.0 Å². The Kier molecular flexibility index (Phi) is 6.47. The van der Waals surface area contributed by atoms with Gasteiger partial charge in [0.25, 0.3) is 0 Å². The van der Waals surface area contributed by atoms with Crippen LogP contribution in [0.15, 0.2) is 48.8 Å². The minimum atomic E-state index is 0.377. The van der Waals surface area contributed by atoms with E-state index in [2.05, 4.69) is 41.1 Å². The van der Waals surface area contributed by atoms with Gasteiger partial charge >= 0.3 is 0 Å². The smallest absolute Gasteiger partial charge is 0.163 e. The van der Waals surface area contributed by atoms with Gasteiger partial charge in [-0.1, -0.05) is 18.2 Å². The third-order valence-corrected chi connectivity index (χ3v) is 5.93. The number of rotatable bonds is 6. The average molecular weight is 418 g/mol. The quantitative estimate of drug-likeness (QED) is 0.596. The van der Waals surface area contributed by atoms with Crippen molar-refractivity contribution >= 4 is 5.82 Å². The Balaban J connectivity index is 1.59. The number of aromatic nitrogens is 3. The number of likely N-dealkylation sites (tertiary alicyclic amines) is 1. The molecular formula is C25H31N5O. The standard InChI is InChI=1S/C25H31N5O/c1-18-8-5-9-21(24(18)31-4)17-30-13-7-11-20(16-30)22-14-23(29(2)3)28-25(27-22)19-10-6-12-26-15-19/h5-6,8-10,12,14-15,20H,7,11,13,16-17H2,1-4H3. The Hall–Kier alpha value is -2.99. The highest BCUT2D eigenvalue weighted by Gasteiger charge is 2.25. The molecule has 6 heteroatoms. The molecule has 1 unspecified atom stereocenters. The van der Waals surface area contributed by atoms with Gasteiger partial charge in [-0.3, -0.25) is 9.88 Å². The van der Waals surface area contributed by atoms with Crippen molar-refractivity contribution in [2.45, 2.75) is 32.2 Å². The van der Waals surface area contributed by atoms with Crippen molar-refractivity contribution in [3.05, 3.63) is 65.6 Å². The van der Waals surface area contributed by atoms with E-state index in [1.54, 1.807) is 13.3 Å². The summed E-state index contributed by atoms with van der Waals surface area (Å²) >= 11 is 0. The van der Waals surface area contributed by atoms with Gasteiger partial charge in [0.1, 0.15) is 11.6 Å². The van der Waals surface area contributed by atoms with Crippen molar-refractivity contribution in [1.29, 1.82) is 0 Å². The zero-order chi connectivity index (χ0) is 21.8. The van der Waals surface area contributed by atoms with Gasteiger partial charge in [0.2, 0.25) is 0 Å². The maximum absolute atomic E-state index is 5.68. The number of piperidine rings is 1. The lowest BCUT2D eigenvalue weighted by atomic mass is 9.93. The fraction of sp³-hybridized carbons (Fsp3) is 0.400. The Bertz CT molecular complexity index is 1020. The van der Waals surface area contributed by atoms with Gasteiger partial charge in [0, 0.05) is 62.7 Å². The van der Waals surface area contributed by atoms with Crippen LogP contribution in [0.4, 0.5) is 5.82 Å². The molecule has 162 valence electrons. The summed E-state index contributed by atoms with van der Waals surface area (Å²) in [5, 5.41) is 0. The molecule has 1 atom stereocenters. The van der Waals surface area contributed by atoms with Gasteiger partial charge in [-0.2, -0.15) is 0 Å². The second-order valence-corrected chi connectivity index (χ2v) is 8.45. The molecule has 6 nitrogen and oxygen atoms in total. The molecule has 0 saturated carbocycles. The van der Waals surface area contributed by atoms with Crippen LogP contribution < -0.4 is 9.64 Å². The molecule has 4 rings (SSSR count). The summed E-state index contributed by atoms with van der Waals surface area (Å²) in [5.41, 5.74) is 4.49. The molecule has 31 heavy (non-hydrogen) atoms. The van der Waals surface area contributed by atoms with Crippen LogP contribution in [-0.4, -0.2) is 54.1 Å². The molecule has 0 bridgehead atoms. The molecule has 0 aliphatic carbocycles. The number of pyridine rings is 1. The number of ether oxygens (including phenoxy) is 1. The number of para-hydroxylation sites is 1. The van der Waals surface area contributed by atoms with E-state index >= 15 is 0 Å². The normalized spacial score (nSPS) is 16.8. The summed E-state index contributed by atoms with van der Waals surface area (Å²) in [6.45, 7) is 5.07. The van der Waals surface area contributed by atoms with E-state index in [1.807, 2.05) is 37.3 Å². The molecule has 1 aliphatic heterocycles. The van der Waals surface area contributed by atoms with Crippen LogP contribution in [0.3, 0.4) is 0 Å². The predicted octanol–water partition coefficient (Wildman–Crippen LogP) is 4.30. The zero-order valence-corrected chi connectivity index (χ0v) is 18.9. The minimum absolute atomic E-state index is 0.377. The van der Waals surface area contributed by atoms with Crippen molar-refractivity contribution in [3.8, 4) is 17.1 Å². The van der Waals surface area contributed by atoms with Crippen LogP contribution in [-0.2, 0) is 6.54 Å².